The Labute approximate surface area is 120 Å². The van der Waals surface area contributed by atoms with Gasteiger partial charge in [-0.25, -0.2) is 20.8 Å². The summed E-state index contributed by atoms with van der Waals surface area (Å²) in [5, 5.41) is 1.62. The van der Waals surface area contributed by atoms with Gasteiger partial charge in [-0.1, -0.05) is 6.07 Å². The molecule has 1 aromatic carbocycles. The van der Waals surface area contributed by atoms with Crippen molar-refractivity contribution in [3.63, 3.8) is 0 Å². The van der Waals surface area contributed by atoms with Crippen LogP contribution in [-0.2, 0) is 0 Å². The fourth-order valence-electron chi connectivity index (χ4n) is 1.92. The number of H-pyrrole nitrogens is 1. The second-order valence-electron chi connectivity index (χ2n) is 4.46. The lowest BCUT2D eigenvalue weighted by molar-refractivity contribution is 0.984. The second-order valence-corrected chi connectivity index (χ2v) is 5.44. The second kappa shape index (κ2) is 5.10. The van der Waals surface area contributed by atoms with Crippen molar-refractivity contribution >= 4 is 28.6 Å². The summed E-state index contributed by atoms with van der Waals surface area (Å²) in [6.45, 7) is 3.98. The van der Waals surface area contributed by atoms with Crippen molar-refractivity contribution in [2.45, 2.75) is 24.0 Å². The van der Waals surface area contributed by atoms with E-state index in [-0.39, 0.29) is 0 Å². The third-order valence-electron chi connectivity index (χ3n) is 2.98. The summed E-state index contributed by atoms with van der Waals surface area (Å²) in [6, 6.07) is 6.13. The molecule has 0 aliphatic heterocycles. The number of hydrogen-bond donors (Lipinski definition) is 3. The van der Waals surface area contributed by atoms with E-state index in [0.717, 1.165) is 26.8 Å². The molecule has 2 aromatic heterocycles. The van der Waals surface area contributed by atoms with Gasteiger partial charge in [-0.2, -0.15) is 0 Å². The molecule has 3 aromatic rings. The number of hydrazine groups is 1. The zero-order valence-electron chi connectivity index (χ0n) is 11.1. The summed E-state index contributed by atoms with van der Waals surface area (Å²) >= 11 is 1.46. The van der Waals surface area contributed by atoms with Gasteiger partial charge in [0.1, 0.15) is 17.2 Å². The number of hydrogen-bond acceptors (Lipinski definition) is 6. The Morgan fingerprint density at radius 3 is 2.90 bits per heavy atom. The Morgan fingerprint density at radius 1 is 1.25 bits per heavy atom. The molecule has 0 aliphatic rings. The number of aryl methyl sites for hydroxylation is 1. The van der Waals surface area contributed by atoms with E-state index in [0.29, 0.717) is 5.82 Å². The van der Waals surface area contributed by atoms with Crippen LogP contribution in [0.25, 0.3) is 11.0 Å². The quantitative estimate of drug-likeness (QED) is 0.389. The molecule has 0 spiro atoms. The first-order chi connectivity index (χ1) is 9.67. The maximum Gasteiger partial charge on any atom is 0.172 e. The van der Waals surface area contributed by atoms with Crippen molar-refractivity contribution in [2.24, 2.45) is 5.84 Å². The molecule has 0 aliphatic carbocycles. The van der Waals surface area contributed by atoms with E-state index in [4.69, 9.17) is 5.84 Å². The Bertz CT molecular complexity index is 767. The predicted molar refractivity (Wildman–Crippen MR) is 79.5 cm³/mol. The first kappa shape index (κ1) is 12.9. The van der Waals surface area contributed by atoms with E-state index in [9.17, 15) is 0 Å². The number of fused-ring (bicyclic) bond motifs is 1. The average Bonchev–Trinajstić information content (AvgIpc) is 2.82. The maximum atomic E-state index is 5.42. The molecular formula is C13H14N6S. The maximum absolute atomic E-state index is 5.42. The fraction of sp³-hybridized carbons (Fsp3) is 0.154. The Kier molecular flexibility index (Phi) is 3.29. The third kappa shape index (κ3) is 2.33. The van der Waals surface area contributed by atoms with Gasteiger partial charge >= 0.3 is 0 Å². The number of anilines is 1. The van der Waals surface area contributed by atoms with Crippen LogP contribution < -0.4 is 11.3 Å². The molecular weight excluding hydrogens is 272 g/mol. The lowest BCUT2D eigenvalue weighted by Crippen LogP contribution is -2.10. The van der Waals surface area contributed by atoms with Gasteiger partial charge in [-0.15, -0.1) is 0 Å². The van der Waals surface area contributed by atoms with E-state index in [1.165, 1.54) is 23.7 Å². The number of nitrogen functional groups attached to an aromatic ring is 1. The summed E-state index contributed by atoms with van der Waals surface area (Å²) in [6.07, 6.45) is 1.48. The molecule has 4 N–H and O–H groups in total. The van der Waals surface area contributed by atoms with Gasteiger partial charge in [-0.3, -0.25) is 0 Å². The monoisotopic (exact) mass is 286 g/mol. The Morgan fingerprint density at radius 2 is 2.10 bits per heavy atom. The molecule has 3 rings (SSSR count). The lowest BCUT2D eigenvalue weighted by atomic mass is 10.2. The number of aromatic amines is 1. The van der Waals surface area contributed by atoms with Crippen molar-refractivity contribution < 1.29 is 0 Å². The van der Waals surface area contributed by atoms with Crippen LogP contribution in [-0.4, -0.2) is 19.9 Å². The van der Waals surface area contributed by atoms with Gasteiger partial charge in [0.2, 0.25) is 0 Å². The molecule has 0 fully saturated rings. The van der Waals surface area contributed by atoms with Crippen LogP contribution in [0.5, 0.6) is 0 Å². The van der Waals surface area contributed by atoms with E-state index in [2.05, 4.69) is 38.4 Å². The average molecular weight is 286 g/mol. The highest BCUT2D eigenvalue weighted by Crippen LogP contribution is 2.29. The first-order valence-corrected chi connectivity index (χ1v) is 6.91. The zero-order valence-corrected chi connectivity index (χ0v) is 12.0. The molecule has 0 bridgehead atoms. The molecule has 0 amide bonds. The van der Waals surface area contributed by atoms with E-state index in [1.807, 2.05) is 19.1 Å². The minimum atomic E-state index is 0.620. The molecule has 0 radical (unpaired) electrons. The molecule has 7 heteroatoms. The minimum absolute atomic E-state index is 0.620. The van der Waals surface area contributed by atoms with E-state index in [1.54, 1.807) is 0 Å². The van der Waals surface area contributed by atoms with Gasteiger partial charge in [0.05, 0.1) is 11.0 Å². The SMILES string of the molecule is Cc1ccc2nc(Sc3ncnc(NN)c3C)[nH]c2c1. The molecule has 20 heavy (non-hydrogen) atoms. The van der Waals surface area contributed by atoms with Crippen LogP contribution in [0.4, 0.5) is 5.82 Å². The van der Waals surface area contributed by atoms with Crippen molar-refractivity contribution in [1.29, 1.82) is 0 Å². The molecule has 2 heterocycles. The van der Waals surface area contributed by atoms with Gasteiger partial charge < -0.3 is 10.4 Å². The number of nitrogens with zero attached hydrogens (tertiary/aromatic N) is 3. The van der Waals surface area contributed by atoms with Crippen LogP contribution in [0, 0.1) is 13.8 Å². The first-order valence-electron chi connectivity index (χ1n) is 6.10. The molecule has 0 unspecified atom stereocenters. The molecule has 6 nitrogen and oxygen atoms in total. The number of rotatable bonds is 3. The van der Waals surface area contributed by atoms with Crippen molar-refractivity contribution in [1.82, 2.24) is 19.9 Å². The van der Waals surface area contributed by atoms with Gasteiger partial charge in [0, 0.05) is 5.56 Å². The Balaban J connectivity index is 1.97. The molecule has 0 saturated heterocycles. The number of imidazole rings is 1. The minimum Gasteiger partial charge on any atom is -0.333 e. The largest absolute Gasteiger partial charge is 0.333 e. The molecule has 0 atom stereocenters. The summed E-state index contributed by atoms with van der Waals surface area (Å²) in [5.74, 6) is 6.04. The van der Waals surface area contributed by atoms with E-state index >= 15 is 0 Å². The highest BCUT2D eigenvalue weighted by Gasteiger charge is 2.10. The van der Waals surface area contributed by atoms with Crippen molar-refractivity contribution in [2.75, 3.05) is 5.43 Å². The van der Waals surface area contributed by atoms with Crippen molar-refractivity contribution in [3.05, 3.63) is 35.7 Å². The molecule has 102 valence electrons. The van der Waals surface area contributed by atoms with Crippen LogP contribution in [0.1, 0.15) is 11.1 Å². The highest BCUT2D eigenvalue weighted by atomic mass is 32.2. The third-order valence-corrected chi connectivity index (χ3v) is 3.98. The van der Waals surface area contributed by atoms with Gasteiger partial charge in [0.25, 0.3) is 0 Å². The fourth-order valence-corrected chi connectivity index (χ4v) is 2.76. The van der Waals surface area contributed by atoms with Crippen LogP contribution in [0.2, 0.25) is 0 Å². The number of aromatic nitrogens is 4. The standard InChI is InChI=1S/C13H14N6S/c1-7-3-4-9-10(5-7)18-13(17-9)20-12-8(2)11(19-14)15-6-16-12/h3-6H,14H2,1-2H3,(H,17,18)(H,15,16,19). The van der Waals surface area contributed by atoms with Crippen LogP contribution in [0.15, 0.2) is 34.7 Å². The zero-order chi connectivity index (χ0) is 14.1. The number of nitrogens with two attached hydrogens (primary N) is 1. The predicted octanol–water partition coefficient (Wildman–Crippen LogP) is 2.41. The van der Waals surface area contributed by atoms with Crippen LogP contribution in [0.3, 0.4) is 0 Å². The van der Waals surface area contributed by atoms with Crippen molar-refractivity contribution in [3.8, 4) is 0 Å². The summed E-state index contributed by atoms with van der Waals surface area (Å²) < 4.78 is 0. The normalized spacial score (nSPS) is 10.9. The van der Waals surface area contributed by atoms with Gasteiger partial charge in [0.15, 0.2) is 5.16 Å². The smallest absolute Gasteiger partial charge is 0.172 e. The Hall–Kier alpha value is -2.12. The number of benzene rings is 1. The summed E-state index contributed by atoms with van der Waals surface area (Å²) in [5.41, 5.74) is 6.63. The topological polar surface area (TPSA) is 92.5 Å². The highest BCUT2D eigenvalue weighted by molar-refractivity contribution is 7.99. The van der Waals surface area contributed by atoms with E-state index < -0.39 is 0 Å². The van der Waals surface area contributed by atoms with Crippen LogP contribution >= 0.6 is 11.8 Å². The molecule has 0 saturated carbocycles. The van der Waals surface area contributed by atoms with Gasteiger partial charge in [-0.05, 0) is 43.3 Å². The lowest BCUT2D eigenvalue weighted by Gasteiger charge is -2.06. The number of nitrogens with one attached hydrogen (secondary N) is 2. The summed E-state index contributed by atoms with van der Waals surface area (Å²) in [7, 11) is 0. The summed E-state index contributed by atoms with van der Waals surface area (Å²) in [4.78, 5) is 16.2.